The Bertz CT molecular complexity index is 1320. The number of aryl methyl sites for hydroxylation is 1. The van der Waals surface area contributed by atoms with Gasteiger partial charge in [0.15, 0.2) is 0 Å². The zero-order valence-electron chi connectivity index (χ0n) is 22.7. The fourth-order valence-electron chi connectivity index (χ4n) is 4.42. The molecule has 1 fully saturated rings. The van der Waals surface area contributed by atoms with Crippen molar-refractivity contribution in [3.63, 3.8) is 0 Å². The van der Waals surface area contributed by atoms with Crippen LogP contribution in [0.1, 0.15) is 56.7 Å². The summed E-state index contributed by atoms with van der Waals surface area (Å²) in [6.45, 7) is 3.59. The van der Waals surface area contributed by atoms with Crippen molar-refractivity contribution >= 4 is 41.2 Å². The first-order valence-corrected chi connectivity index (χ1v) is 14.6. The predicted octanol–water partition coefficient (Wildman–Crippen LogP) is 4.59. The number of anilines is 2. The first-order chi connectivity index (χ1) is 19.4. The molecule has 1 saturated heterocycles. The molecule has 0 aromatic heterocycles. The lowest BCUT2D eigenvalue weighted by Crippen LogP contribution is -2.30. The van der Waals surface area contributed by atoms with Gasteiger partial charge in [0.2, 0.25) is 0 Å². The number of hydrogen-bond acceptors (Lipinski definition) is 7. The molecule has 3 aromatic rings. The average Bonchev–Trinajstić information content (AvgIpc) is 2.98. The molecule has 0 spiro atoms. The van der Waals surface area contributed by atoms with Crippen LogP contribution in [0.25, 0.3) is 0 Å². The van der Waals surface area contributed by atoms with Crippen molar-refractivity contribution < 1.29 is 19.8 Å². The summed E-state index contributed by atoms with van der Waals surface area (Å²) in [7, 11) is 0. The summed E-state index contributed by atoms with van der Waals surface area (Å²) in [6, 6.07) is 20.6. The largest absolute Gasteiger partial charge is 0.394 e. The molecule has 0 aliphatic carbocycles. The molecule has 9 heteroatoms. The Morgan fingerprint density at radius 2 is 1.80 bits per heavy atom. The number of amides is 2. The normalized spacial score (nSPS) is 14.2. The smallest absolute Gasteiger partial charge is 0.273 e. The lowest BCUT2D eigenvalue weighted by Gasteiger charge is -2.29. The Labute approximate surface area is 239 Å². The molecule has 4 N–H and O–H groups in total. The standard InChI is InChI=1S/C31H36N4O4S/c1-22-8-10-23(11-9-22)18-32-34-31(39)28-17-26(35-14-3-2-4-15-35)12-13-29(28)33-30(38)25-7-5-6-24(16-25)20-40-21-27(37)19-36/h5-13,16-18,27,36-37H,2-4,14-15,19-21H2,1H3,(H,33,38)(H,34,39). The van der Waals surface area contributed by atoms with Gasteiger partial charge in [-0.1, -0.05) is 42.0 Å². The first-order valence-electron chi connectivity index (χ1n) is 13.5. The third-order valence-corrected chi connectivity index (χ3v) is 7.81. The van der Waals surface area contributed by atoms with Crippen LogP contribution in [0, 0.1) is 6.92 Å². The van der Waals surface area contributed by atoms with Crippen LogP contribution in [-0.2, 0) is 5.75 Å². The molecule has 1 aliphatic heterocycles. The summed E-state index contributed by atoms with van der Waals surface area (Å²) in [5.74, 6) is 0.256. The molecule has 40 heavy (non-hydrogen) atoms. The first kappa shape index (κ1) is 29.3. The maximum absolute atomic E-state index is 13.3. The van der Waals surface area contributed by atoms with E-state index in [1.165, 1.54) is 18.2 Å². The van der Waals surface area contributed by atoms with E-state index in [9.17, 15) is 14.7 Å². The van der Waals surface area contributed by atoms with E-state index in [-0.39, 0.29) is 12.5 Å². The minimum Gasteiger partial charge on any atom is -0.394 e. The van der Waals surface area contributed by atoms with Gasteiger partial charge in [-0.15, -0.1) is 0 Å². The highest BCUT2D eigenvalue weighted by molar-refractivity contribution is 7.98. The Balaban J connectivity index is 1.51. The topological polar surface area (TPSA) is 114 Å². The molecule has 2 amide bonds. The summed E-state index contributed by atoms with van der Waals surface area (Å²) in [4.78, 5) is 28.8. The Hall–Kier alpha value is -3.66. The molecular formula is C31H36N4O4S. The van der Waals surface area contributed by atoms with Crippen LogP contribution in [0.3, 0.4) is 0 Å². The number of nitrogens with one attached hydrogen (secondary N) is 2. The van der Waals surface area contributed by atoms with E-state index in [0.29, 0.717) is 28.3 Å². The van der Waals surface area contributed by atoms with Gasteiger partial charge in [-0.05, 0) is 67.6 Å². The van der Waals surface area contributed by atoms with E-state index in [1.807, 2.05) is 49.4 Å². The van der Waals surface area contributed by atoms with Gasteiger partial charge in [0.05, 0.1) is 30.2 Å². The number of hydrogen-bond donors (Lipinski definition) is 4. The van der Waals surface area contributed by atoms with E-state index in [0.717, 1.165) is 48.3 Å². The third-order valence-electron chi connectivity index (χ3n) is 6.65. The third kappa shape index (κ3) is 8.42. The number of hydrazone groups is 1. The van der Waals surface area contributed by atoms with Crippen LogP contribution < -0.4 is 15.6 Å². The van der Waals surface area contributed by atoms with Crippen LogP contribution in [0.5, 0.6) is 0 Å². The zero-order chi connectivity index (χ0) is 28.3. The zero-order valence-corrected chi connectivity index (χ0v) is 23.5. The number of carbonyl (C=O) groups is 2. The molecule has 3 aromatic carbocycles. The minimum atomic E-state index is -0.768. The highest BCUT2D eigenvalue weighted by atomic mass is 32.2. The van der Waals surface area contributed by atoms with Gasteiger partial charge in [-0.2, -0.15) is 16.9 Å². The molecule has 1 heterocycles. The van der Waals surface area contributed by atoms with E-state index < -0.39 is 12.0 Å². The van der Waals surface area contributed by atoms with Crippen molar-refractivity contribution in [3.05, 3.63) is 94.5 Å². The highest BCUT2D eigenvalue weighted by Gasteiger charge is 2.19. The highest BCUT2D eigenvalue weighted by Crippen LogP contribution is 2.27. The fourth-order valence-corrected chi connectivity index (χ4v) is 5.33. The van der Waals surface area contributed by atoms with Gasteiger partial charge in [0.1, 0.15) is 0 Å². The Morgan fingerprint density at radius 1 is 1.02 bits per heavy atom. The molecule has 0 radical (unpaired) electrons. The summed E-state index contributed by atoms with van der Waals surface area (Å²) in [5.41, 5.74) is 7.68. The maximum Gasteiger partial charge on any atom is 0.273 e. The number of rotatable bonds is 11. The molecule has 210 valence electrons. The van der Waals surface area contributed by atoms with Gasteiger partial charge in [0.25, 0.3) is 11.8 Å². The van der Waals surface area contributed by atoms with E-state index in [2.05, 4.69) is 20.7 Å². The van der Waals surface area contributed by atoms with Gasteiger partial charge in [-0.25, -0.2) is 5.43 Å². The lowest BCUT2D eigenvalue weighted by molar-refractivity contribution is 0.0956. The van der Waals surface area contributed by atoms with E-state index >= 15 is 0 Å². The molecule has 4 rings (SSSR count). The van der Waals surface area contributed by atoms with Crippen molar-refractivity contribution in [3.8, 4) is 0 Å². The van der Waals surface area contributed by atoms with Crippen molar-refractivity contribution in [2.45, 2.75) is 38.0 Å². The Kier molecular flexibility index (Phi) is 10.7. The molecule has 0 saturated carbocycles. The number of piperidine rings is 1. The van der Waals surface area contributed by atoms with Crippen LogP contribution >= 0.6 is 11.8 Å². The van der Waals surface area contributed by atoms with Crippen molar-refractivity contribution in [2.75, 3.05) is 35.7 Å². The second kappa shape index (κ2) is 14.6. The minimum absolute atomic E-state index is 0.279. The van der Waals surface area contributed by atoms with E-state index in [1.54, 1.807) is 30.5 Å². The van der Waals surface area contributed by atoms with Crippen LogP contribution in [0.15, 0.2) is 71.8 Å². The molecule has 8 nitrogen and oxygen atoms in total. The molecule has 1 atom stereocenters. The molecule has 0 bridgehead atoms. The van der Waals surface area contributed by atoms with Gasteiger partial charge in [-0.3, -0.25) is 9.59 Å². The summed E-state index contributed by atoms with van der Waals surface area (Å²) < 4.78 is 0. The van der Waals surface area contributed by atoms with Crippen LogP contribution in [0.2, 0.25) is 0 Å². The van der Waals surface area contributed by atoms with Crippen molar-refractivity contribution in [1.29, 1.82) is 0 Å². The Morgan fingerprint density at radius 3 is 2.55 bits per heavy atom. The molecular weight excluding hydrogens is 524 g/mol. The summed E-state index contributed by atoms with van der Waals surface area (Å²) in [6.07, 6.45) is 4.23. The van der Waals surface area contributed by atoms with Crippen LogP contribution in [-0.4, -0.2) is 59.8 Å². The molecule has 1 unspecified atom stereocenters. The average molecular weight is 561 g/mol. The van der Waals surface area contributed by atoms with Crippen molar-refractivity contribution in [1.82, 2.24) is 5.43 Å². The van der Waals surface area contributed by atoms with Gasteiger partial charge >= 0.3 is 0 Å². The SMILES string of the molecule is Cc1ccc(C=NNC(=O)c2cc(N3CCCCC3)ccc2NC(=O)c2cccc(CSCC(O)CO)c2)cc1. The number of thioether (sulfide) groups is 1. The number of aliphatic hydroxyl groups is 2. The predicted molar refractivity (Wildman–Crippen MR) is 162 cm³/mol. The summed E-state index contributed by atoms with van der Waals surface area (Å²) >= 11 is 1.48. The van der Waals surface area contributed by atoms with E-state index in [4.69, 9.17) is 5.11 Å². The number of carbonyl (C=O) groups excluding carboxylic acids is 2. The lowest BCUT2D eigenvalue weighted by atomic mass is 10.1. The van der Waals surface area contributed by atoms with Gasteiger partial charge < -0.3 is 20.4 Å². The van der Waals surface area contributed by atoms with Crippen molar-refractivity contribution in [2.24, 2.45) is 5.10 Å². The number of aliphatic hydroxyl groups excluding tert-OH is 2. The van der Waals surface area contributed by atoms with Crippen LogP contribution in [0.4, 0.5) is 11.4 Å². The number of nitrogens with zero attached hydrogens (tertiary/aromatic N) is 2. The summed E-state index contributed by atoms with van der Waals surface area (Å²) in [5, 5.41) is 25.6. The van der Waals surface area contributed by atoms with Gasteiger partial charge in [0, 0.05) is 35.8 Å². The monoisotopic (exact) mass is 560 g/mol. The number of benzene rings is 3. The maximum atomic E-state index is 13.3. The second-order valence-corrected chi connectivity index (χ2v) is 10.9. The molecule has 1 aliphatic rings. The quantitative estimate of drug-likeness (QED) is 0.202. The second-order valence-electron chi connectivity index (χ2n) is 9.89. The fraction of sp³-hybridized carbons (Fsp3) is 0.323.